The predicted octanol–water partition coefficient (Wildman–Crippen LogP) is 4.45. The minimum Gasteiger partial charge on any atom is -0.326 e. The van der Waals surface area contributed by atoms with Gasteiger partial charge in [-0.15, -0.1) is 0 Å². The lowest BCUT2D eigenvalue weighted by Gasteiger charge is -2.55. The van der Waals surface area contributed by atoms with Crippen LogP contribution in [-0.4, -0.2) is 5.91 Å². The van der Waals surface area contributed by atoms with E-state index in [0.717, 1.165) is 42.7 Å². The summed E-state index contributed by atoms with van der Waals surface area (Å²) in [5, 5.41) is 3.20. The number of carbonyl (C=O) groups is 1. The van der Waals surface area contributed by atoms with Crippen molar-refractivity contribution in [2.24, 2.45) is 23.2 Å². The van der Waals surface area contributed by atoms with Crippen molar-refractivity contribution >= 4 is 34.2 Å². The van der Waals surface area contributed by atoms with E-state index in [9.17, 15) is 4.79 Å². The molecular weight excluding hydrogens is 361 g/mol. The summed E-state index contributed by atoms with van der Waals surface area (Å²) >= 11 is 2.29. The molecule has 1 N–H and O–H groups in total. The van der Waals surface area contributed by atoms with Crippen molar-refractivity contribution in [3.05, 3.63) is 27.8 Å². The second-order valence-corrected chi connectivity index (χ2v) is 8.41. The summed E-state index contributed by atoms with van der Waals surface area (Å²) in [7, 11) is 0. The lowest BCUT2D eigenvalue weighted by Crippen LogP contribution is -2.51. The number of carbonyl (C=O) groups excluding carboxylic acids is 1. The molecule has 1 aromatic rings. The minimum atomic E-state index is -0.0456. The normalized spacial score (nSPS) is 38.0. The molecule has 4 aliphatic carbocycles. The molecule has 0 aromatic heterocycles. The maximum absolute atomic E-state index is 12.9. The van der Waals surface area contributed by atoms with Gasteiger partial charge >= 0.3 is 0 Å². The zero-order valence-corrected chi connectivity index (χ0v) is 13.7. The standard InChI is InChI=1S/C17H20INO/c18-14-2-1-3-15(7-14)19-16(20)17-8-11-4-12(9-17)6-13(5-11)10-17/h1-3,7,11-13H,4-6,8-10H2,(H,19,20). The fraction of sp³-hybridized carbons (Fsp3) is 0.588. The molecular formula is C17H20INO. The first-order valence-electron chi connectivity index (χ1n) is 7.70. The van der Waals surface area contributed by atoms with Gasteiger partial charge in [-0.25, -0.2) is 0 Å². The largest absolute Gasteiger partial charge is 0.326 e. The second kappa shape index (κ2) is 4.72. The van der Waals surface area contributed by atoms with Crippen LogP contribution in [0, 0.1) is 26.7 Å². The molecule has 0 radical (unpaired) electrons. The van der Waals surface area contributed by atoms with Gasteiger partial charge < -0.3 is 5.32 Å². The van der Waals surface area contributed by atoms with Crippen LogP contribution in [0.4, 0.5) is 5.69 Å². The quantitative estimate of drug-likeness (QED) is 0.754. The number of halogens is 1. The Hall–Kier alpha value is -0.580. The van der Waals surface area contributed by atoms with Gasteiger partial charge in [-0.3, -0.25) is 4.79 Å². The van der Waals surface area contributed by atoms with Gasteiger partial charge in [-0.1, -0.05) is 6.07 Å². The van der Waals surface area contributed by atoms with Crippen LogP contribution in [0.15, 0.2) is 24.3 Å². The average molecular weight is 381 g/mol. The van der Waals surface area contributed by atoms with Gasteiger partial charge in [0.2, 0.25) is 5.91 Å². The molecule has 20 heavy (non-hydrogen) atoms. The Morgan fingerprint density at radius 1 is 1.10 bits per heavy atom. The van der Waals surface area contributed by atoms with Crippen LogP contribution in [0.5, 0.6) is 0 Å². The van der Waals surface area contributed by atoms with Gasteiger partial charge in [0.25, 0.3) is 0 Å². The molecule has 0 atom stereocenters. The average Bonchev–Trinajstić information content (AvgIpc) is 2.37. The van der Waals surface area contributed by atoms with Crippen molar-refractivity contribution in [3.8, 4) is 0 Å². The fourth-order valence-electron chi connectivity index (χ4n) is 5.22. The number of anilines is 1. The van der Waals surface area contributed by atoms with E-state index in [-0.39, 0.29) is 5.41 Å². The topological polar surface area (TPSA) is 29.1 Å². The Morgan fingerprint density at radius 3 is 2.25 bits per heavy atom. The van der Waals surface area contributed by atoms with Gasteiger partial charge in [0, 0.05) is 9.26 Å². The van der Waals surface area contributed by atoms with E-state index in [2.05, 4.69) is 40.0 Å². The SMILES string of the molecule is O=C(Nc1cccc(I)c1)C12CC3CC(CC(C3)C1)C2. The molecule has 0 heterocycles. The van der Waals surface area contributed by atoms with E-state index in [4.69, 9.17) is 0 Å². The van der Waals surface area contributed by atoms with Crippen LogP contribution in [0.3, 0.4) is 0 Å². The molecule has 4 fully saturated rings. The number of benzene rings is 1. The zero-order valence-electron chi connectivity index (χ0n) is 11.6. The number of hydrogen-bond acceptors (Lipinski definition) is 1. The van der Waals surface area contributed by atoms with Gasteiger partial charge in [0.15, 0.2) is 0 Å². The van der Waals surface area contributed by atoms with Crippen molar-refractivity contribution in [1.82, 2.24) is 0 Å². The van der Waals surface area contributed by atoms with Gasteiger partial charge in [0.1, 0.15) is 0 Å². The highest BCUT2D eigenvalue weighted by molar-refractivity contribution is 14.1. The van der Waals surface area contributed by atoms with E-state index in [1.54, 1.807) is 0 Å². The smallest absolute Gasteiger partial charge is 0.230 e. The number of amides is 1. The zero-order chi connectivity index (χ0) is 13.7. The molecule has 2 nitrogen and oxygen atoms in total. The monoisotopic (exact) mass is 381 g/mol. The summed E-state index contributed by atoms with van der Waals surface area (Å²) in [6.45, 7) is 0. The van der Waals surface area contributed by atoms with Crippen LogP contribution < -0.4 is 5.32 Å². The number of nitrogens with one attached hydrogen (secondary N) is 1. The summed E-state index contributed by atoms with van der Waals surface area (Å²) in [4.78, 5) is 12.9. The molecule has 1 aromatic carbocycles. The minimum absolute atomic E-state index is 0.0456. The second-order valence-electron chi connectivity index (χ2n) is 7.16. The Bertz CT molecular complexity index is 518. The molecule has 4 aliphatic rings. The van der Waals surface area contributed by atoms with Crippen LogP contribution in [-0.2, 0) is 4.79 Å². The van der Waals surface area contributed by atoms with Gasteiger partial charge in [-0.05, 0) is 97.1 Å². The molecule has 4 saturated carbocycles. The molecule has 1 amide bonds. The van der Waals surface area contributed by atoms with Crippen LogP contribution >= 0.6 is 22.6 Å². The molecule has 3 heteroatoms. The van der Waals surface area contributed by atoms with Crippen molar-refractivity contribution in [2.75, 3.05) is 5.32 Å². The highest BCUT2D eigenvalue weighted by atomic mass is 127. The molecule has 0 unspecified atom stereocenters. The highest BCUT2D eigenvalue weighted by Gasteiger charge is 2.54. The van der Waals surface area contributed by atoms with Crippen molar-refractivity contribution < 1.29 is 4.79 Å². The van der Waals surface area contributed by atoms with Crippen molar-refractivity contribution in [2.45, 2.75) is 38.5 Å². The predicted molar refractivity (Wildman–Crippen MR) is 88.4 cm³/mol. The fourth-order valence-corrected chi connectivity index (χ4v) is 5.76. The highest BCUT2D eigenvalue weighted by Crippen LogP contribution is 2.60. The third-order valence-corrected chi connectivity index (χ3v) is 6.27. The summed E-state index contributed by atoms with van der Waals surface area (Å²) < 4.78 is 1.17. The number of hydrogen-bond donors (Lipinski definition) is 1. The Kier molecular flexibility index (Phi) is 3.09. The molecule has 0 aliphatic heterocycles. The molecule has 106 valence electrons. The molecule has 0 saturated heterocycles. The Morgan fingerprint density at radius 2 is 1.70 bits per heavy atom. The van der Waals surface area contributed by atoms with Crippen LogP contribution in [0.1, 0.15) is 38.5 Å². The van der Waals surface area contributed by atoms with Crippen LogP contribution in [0.25, 0.3) is 0 Å². The van der Waals surface area contributed by atoms with E-state index in [1.807, 2.05) is 12.1 Å². The molecule has 5 rings (SSSR count). The summed E-state index contributed by atoms with van der Waals surface area (Å²) in [6, 6.07) is 8.12. The van der Waals surface area contributed by atoms with Crippen molar-refractivity contribution in [3.63, 3.8) is 0 Å². The van der Waals surface area contributed by atoms with E-state index >= 15 is 0 Å². The van der Waals surface area contributed by atoms with Crippen LogP contribution in [0.2, 0.25) is 0 Å². The summed E-state index contributed by atoms with van der Waals surface area (Å²) in [5.74, 6) is 2.76. The first kappa shape index (κ1) is 13.1. The lowest BCUT2D eigenvalue weighted by atomic mass is 9.49. The summed E-state index contributed by atoms with van der Waals surface area (Å²) in [6.07, 6.45) is 7.56. The maximum atomic E-state index is 12.9. The Labute approximate surface area is 133 Å². The first-order valence-corrected chi connectivity index (χ1v) is 8.78. The van der Waals surface area contributed by atoms with E-state index in [1.165, 1.54) is 22.8 Å². The number of rotatable bonds is 2. The van der Waals surface area contributed by atoms with E-state index in [0.29, 0.717) is 5.91 Å². The summed E-state index contributed by atoms with van der Waals surface area (Å²) in [5.41, 5.74) is 0.911. The Balaban J connectivity index is 1.56. The molecule has 4 bridgehead atoms. The lowest BCUT2D eigenvalue weighted by molar-refractivity contribution is -0.140. The third kappa shape index (κ3) is 2.18. The first-order chi connectivity index (χ1) is 9.63. The third-order valence-electron chi connectivity index (χ3n) is 5.60. The van der Waals surface area contributed by atoms with Gasteiger partial charge in [-0.2, -0.15) is 0 Å². The van der Waals surface area contributed by atoms with Crippen molar-refractivity contribution in [1.29, 1.82) is 0 Å². The van der Waals surface area contributed by atoms with E-state index < -0.39 is 0 Å². The molecule has 0 spiro atoms. The maximum Gasteiger partial charge on any atom is 0.230 e. The van der Waals surface area contributed by atoms with Gasteiger partial charge in [0.05, 0.1) is 5.41 Å².